The van der Waals surface area contributed by atoms with Crippen LogP contribution in [0.5, 0.6) is 0 Å². The Bertz CT molecular complexity index is 555. The lowest BCUT2D eigenvalue weighted by molar-refractivity contribution is -0.148. The molecule has 7 heteroatoms. The van der Waals surface area contributed by atoms with Crippen LogP contribution in [0.4, 0.5) is 0 Å². The van der Waals surface area contributed by atoms with E-state index in [2.05, 4.69) is 73.1 Å². The second-order valence-electron chi connectivity index (χ2n) is 4.44. The lowest BCUT2D eigenvalue weighted by Gasteiger charge is -2.38. The van der Waals surface area contributed by atoms with Crippen LogP contribution >= 0.6 is 67.8 Å². The van der Waals surface area contributed by atoms with E-state index in [1.165, 1.54) is 0 Å². The van der Waals surface area contributed by atoms with Gasteiger partial charge in [-0.3, -0.25) is 4.79 Å². The van der Waals surface area contributed by atoms with Crippen LogP contribution in [0.15, 0.2) is 12.1 Å². The van der Waals surface area contributed by atoms with Gasteiger partial charge in [0.1, 0.15) is 5.54 Å². The van der Waals surface area contributed by atoms with E-state index < -0.39 is 11.5 Å². The second kappa shape index (κ2) is 6.00. The Morgan fingerprint density at radius 1 is 1.21 bits per heavy atom. The first kappa shape index (κ1) is 15.7. The molecule has 1 saturated carbocycles. The summed E-state index contributed by atoms with van der Waals surface area (Å²) in [5.74, 6) is -1.25. The van der Waals surface area contributed by atoms with Gasteiger partial charge in [0, 0.05) is 10.7 Å². The molecule has 0 spiro atoms. The molecule has 1 aliphatic carbocycles. The minimum Gasteiger partial charge on any atom is -0.480 e. The van der Waals surface area contributed by atoms with Crippen molar-refractivity contribution >= 4 is 79.6 Å². The van der Waals surface area contributed by atoms with Gasteiger partial charge in [-0.15, -0.1) is 0 Å². The highest BCUT2D eigenvalue weighted by Crippen LogP contribution is 2.33. The number of carboxylic acid groups (broad SMARTS) is 1. The van der Waals surface area contributed by atoms with Gasteiger partial charge < -0.3 is 10.4 Å². The Kier molecular flexibility index (Phi) is 4.97. The molecule has 2 N–H and O–H groups in total. The average molecular weight is 597 g/mol. The molecule has 19 heavy (non-hydrogen) atoms. The summed E-state index contributed by atoms with van der Waals surface area (Å²) in [6.45, 7) is 0. The first-order valence-corrected chi connectivity index (χ1v) is 8.80. The van der Waals surface area contributed by atoms with Crippen molar-refractivity contribution in [3.8, 4) is 0 Å². The van der Waals surface area contributed by atoms with Crippen molar-refractivity contribution in [2.24, 2.45) is 0 Å². The van der Waals surface area contributed by atoms with Crippen LogP contribution < -0.4 is 5.32 Å². The maximum absolute atomic E-state index is 12.3. The van der Waals surface area contributed by atoms with Gasteiger partial charge in [-0.25, -0.2) is 4.79 Å². The summed E-state index contributed by atoms with van der Waals surface area (Å²) >= 11 is 6.44. The molecule has 0 atom stereocenters. The van der Waals surface area contributed by atoms with Gasteiger partial charge in [-0.2, -0.15) is 0 Å². The van der Waals surface area contributed by atoms with E-state index in [-0.39, 0.29) is 5.91 Å². The predicted molar refractivity (Wildman–Crippen MR) is 96.3 cm³/mol. The molecule has 1 aromatic carbocycles. The van der Waals surface area contributed by atoms with Crippen molar-refractivity contribution in [3.63, 3.8) is 0 Å². The molecule has 0 bridgehead atoms. The molecule has 102 valence electrons. The zero-order chi connectivity index (χ0) is 14.2. The largest absolute Gasteiger partial charge is 0.480 e. The molecule has 1 aromatic rings. The van der Waals surface area contributed by atoms with Gasteiger partial charge in [-0.05, 0) is 99.2 Å². The van der Waals surface area contributed by atoms with Crippen molar-refractivity contribution in [1.82, 2.24) is 5.32 Å². The van der Waals surface area contributed by atoms with Gasteiger partial charge in [0.2, 0.25) is 0 Å². The van der Waals surface area contributed by atoms with Crippen LogP contribution in [0.3, 0.4) is 0 Å². The van der Waals surface area contributed by atoms with Gasteiger partial charge in [0.25, 0.3) is 5.91 Å². The number of rotatable bonds is 3. The first-order chi connectivity index (χ1) is 8.85. The maximum Gasteiger partial charge on any atom is 0.329 e. The quantitative estimate of drug-likeness (QED) is 0.416. The fourth-order valence-corrected chi connectivity index (χ4v) is 4.33. The number of amides is 1. The third-order valence-corrected chi connectivity index (χ3v) is 6.87. The molecule has 0 radical (unpaired) electrons. The van der Waals surface area contributed by atoms with E-state index in [4.69, 9.17) is 0 Å². The highest BCUT2D eigenvalue weighted by Gasteiger charge is 2.45. The fourth-order valence-electron chi connectivity index (χ4n) is 1.93. The fraction of sp³-hybridized carbons (Fsp3) is 0.333. The summed E-state index contributed by atoms with van der Waals surface area (Å²) in [5.41, 5.74) is -0.517. The van der Waals surface area contributed by atoms with E-state index in [1.54, 1.807) is 6.07 Å². The van der Waals surface area contributed by atoms with Crippen molar-refractivity contribution in [2.45, 2.75) is 24.8 Å². The number of hydrogen-bond acceptors (Lipinski definition) is 2. The van der Waals surface area contributed by atoms with Gasteiger partial charge in [0.05, 0.1) is 5.56 Å². The minimum absolute atomic E-state index is 0.303. The van der Waals surface area contributed by atoms with Crippen molar-refractivity contribution in [1.29, 1.82) is 0 Å². The molecule has 0 aromatic heterocycles. The lowest BCUT2D eigenvalue weighted by atomic mass is 9.76. The van der Waals surface area contributed by atoms with Crippen LogP contribution in [0.1, 0.15) is 29.6 Å². The number of nitrogens with one attached hydrogen (secondary N) is 1. The number of carbonyl (C=O) groups is 2. The van der Waals surface area contributed by atoms with Gasteiger partial charge >= 0.3 is 5.97 Å². The Morgan fingerprint density at radius 2 is 1.84 bits per heavy atom. The molecule has 1 fully saturated rings. The third-order valence-electron chi connectivity index (χ3n) is 3.21. The summed E-state index contributed by atoms with van der Waals surface area (Å²) in [5, 5.41) is 11.9. The maximum atomic E-state index is 12.3. The van der Waals surface area contributed by atoms with Crippen LogP contribution in [0.2, 0.25) is 0 Å². The average Bonchev–Trinajstić information content (AvgIpc) is 2.27. The van der Waals surface area contributed by atoms with Gasteiger partial charge in [0.15, 0.2) is 0 Å². The summed E-state index contributed by atoms with van der Waals surface area (Å²) in [4.78, 5) is 23.6. The van der Waals surface area contributed by atoms with E-state index in [1.807, 2.05) is 6.07 Å². The summed E-state index contributed by atoms with van der Waals surface area (Å²) in [7, 11) is 0. The number of carbonyl (C=O) groups excluding carboxylic acids is 1. The Labute approximate surface area is 151 Å². The lowest BCUT2D eigenvalue weighted by Crippen LogP contribution is -2.59. The Hall–Kier alpha value is 0.350. The van der Waals surface area contributed by atoms with E-state index in [9.17, 15) is 14.7 Å². The minimum atomic E-state index is -1.06. The molecule has 2 rings (SSSR count). The van der Waals surface area contributed by atoms with Crippen molar-refractivity contribution < 1.29 is 14.7 Å². The molecule has 0 aliphatic heterocycles. The molecule has 0 unspecified atom stereocenters. The molecule has 4 nitrogen and oxygen atoms in total. The molecule has 0 heterocycles. The SMILES string of the molecule is O=C(NC1(C(=O)O)CCC1)c1cc(I)cc(I)c1I. The molecule has 1 amide bonds. The smallest absolute Gasteiger partial charge is 0.329 e. The number of aliphatic carboxylic acids is 1. The predicted octanol–water partition coefficient (Wildman–Crippen LogP) is 3.24. The summed E-state index contributed by atoms with van der Waals surface area (Å²) in [6, 6.07) is 3.77. The second-order valence-corrected chi connectivity index (χ2v) is 7.93. The molecular weight excluding hydrogens is 587 g/mol. The third kappa shape index (κ3) is 3.17. The monoisotopic (exact) mass is 597 g/mol. The van der Waals surface area contributed by atoms with E-state index >= 15 is 0 Å². The van der Waals surface area contributed by atoms with Crippen LogP contribution in [-0.2, 0) is 4.79 Å². The molecule has 1 aliphatic rings. The van der Waals surface area contributed by atoms with Crippen LogP contribution in [0, 0.1) is 10.7 Å². The van der Waals surface area contributed by atoms with Gasteiger partial charge in [-0.1, -0.05) is 0 Å². The number of benzene rings is 1. The van der Waals surface area contributed by atoms with E-state index in [0.717, 1.165) is 17.1 Å². The van der Waals surface area contributed by atoms with Crippen LogP contribution in [-0.4, -0.2) is 22.5 Å². The number of hydrogen-bond donors (Lipinski definition) is 2. The molecule has 0 saturated heterocycles. The topological polar surface area (TPSA) is 66.4 Å². The zero-order valence-electron chi connectivity index (χ0n) is 9.67. The van der Waals surface area contributed by atoms with Crippen LogP contribution in [0.25, 0.3) is 0 Å². The highest BCUT2D eigenvalue weighted by atomic mass is 127. The summed E-state index contributed by atoms with van der Waals surface area (Å²) in [6.07, 6.45) is 1.85. The zero-order valence-corrected chi connectivity index (χ0v) is 16.1. The number of halogens is 3. The van der Waals surface area contributed by atoms with Crippen molar-refractivity contribution in [3.05, 3.63) is 28.4 Å². The Morgan fingerprint density at radius 3 is 2.32 bits per heavy atom. The van der Waals surface area contributed by atoms with E-state index in [0.29, 0.717) is 18.4 Å². The van der Waals surface area contributed by atoms with Crippen molar-refractivity contribution in [2.75, 3.05) is 0 Å². The number of carboxylic acids is 1. The standard InChI is InChI=1S/C12H10I3NO3/c13-6-4-7(9(15)8(14)5-6)10(17)16-12(11(18)19)2-1-3-12/h4-5H,1-3H2,(H,16,17)(H,18,19). The normalized spacial score (nSPS) is 16.6. The Balaban J connectivity index is 2.28. The highest BCUT2D eigenvalue weighted by molar-refractivity contribution is 14.1. The molecular formula is C12H10I3NO3. The summed E-state index contributed by atoms with van der Waals surface area (Å²) < 4.78 is 2.81. The first-order valence-electron chi connectivity index (χ1n) is 5.56.